The maximum absolute atomic E-state index is 11.3. The summed E-state index contributed by atoms with van der Waals surface area (Å²) < 4.78 is 30.8. The van der Waals surface area contributed by atoms with Crippen LogP contribution in [-0.2, 0) is 21.5 Å². The molecule has 0 saturated heterocycles. The van der Waals surface area contributed by atoms with Crippen LogP contribution < -0.4 is 9.44 Å². The van der Waals surface area contributed by atoms with Crippen molar-refractivity contribution in [1.29, 1.82) is 0 Å². The predicted octanol–water partition coefficient (Wildman–Crippen LogP) is -0.510. The second-order valence-electron chi connectivity index (χ2n) is 2.73. The summed E-state index contributed by atoms with van der Waals surface area (Å²) in [6.07, 6.45) is 0.474. The van der Waals surface area contributed by atoms with Crippen molar-refractivity contribution in [1.82, 2.24) is 19.6 Å². The highest BCUT2D eigenvalue weighted by molar-refractivity contribution is 7.88. The predicted molar refractivity (Wildman–Crippen MR) is 54.5 cm³/mol. The van der Waals surface area contributed by atoms with Gasteiger partial charge in [-0.1, -0.05) is 0 Å². The van der Waals surface area contributed by atoms with Crippen LogP contribution in [0, 0.1) is 0 Å². The normalized spacial score (nSPS) is 11.1. The molecule has 1 aromatic heterocycles. The van der Waals surface area contributed by atoms with Gasteiger partial charge in [0.1, 0.15) is 0 Å². The highest BCUT2D eigenvalue weighted by Gasteiger charge is 2.14. The number of nitrogens with zero attached hydrogens (tertiary/aromatic N) is 1. The third kappa shape index (κ3) is 4.28. The van der Waals surface area contributed by atoms with Crippen LogP contribution >= 0.6 is 0 Å². The van der Waals surface area contributed by atoms with Crippen molar-refractivity contribution in [3.05, 3.63) is 18.0 Å². The van der Waals surface area contributed by atoms with Crippen LogP contribution in [0.25, 0.3) is 0 Å². The number of hydrogen-bond acceptors (Lipinski definition) is 5. The number of aromatic nitrogens is 2. The van der Waals surface area contributed by atoms with E-state index in [0.717, 1.165) is 0 Å². The molecule has 3 N–H and O–H groups in total. The van der Waals surface area contributed by atoms with Gasteiger partial charge in [0.25, 0.3) is 0 Å². The number of aromatic amines is 1. The van der Waals surface area contributed by atoms with E-state index in [0.29, 0.717) is 5.69 Å². The Bertz CT molecular complexity index is 427. The minimum atomic E-state index is -3.90. The van der Waals surface area contributed by atoms with E-state index in [-0.39, 0.29) is 13.2 Å². The first-order valence-electron chi connectivity index (χ1n) is 4.46. The van der Waals surface area contributed by atoms with Crippen molar-refractivity contribution in [2.24, 2.45) is 0 Å². The zero-order valence-electron chi connectivity index (χ0n) is 8.56. The van der Waals surface area contributed by atoms with Crippen LogP contribution in [0.2, 0.25) is 0 Å². The molecular weight excluding hydrogens is 236 g/mol. The number of amides is 1. The van der Waals surface area contributed by atoms with Crippen LogP contribution in [0.15, 0.2) is 12.3 Å². The van der Waals surface area contributed by atoms with Crippen molar-refractivity contribution in [2.45, 2.75) is 13.5 Å². The first kappa shape index (κ1) is 12.5. The Labute approximate surface area is 92.6 Å². The van der Waals surface area contributed by atoms with E-state index in [1.165, 1.54) is 6.20 Å². The van der Waals surface area contributed by atoms with Crippen LogP contribution in [0.3, 0.4) is 0 Å². The molecule has 0 bridgehead atoms. The Morgan fingerprint density at radius 2 is 2.38 bits per heavy atom. The SMILES string of the molecule is CCOC(=O)NS(=O)(=O)NCc1ccn[nH]1. The van der Waals surface area contributed by atoms with Gasteiger partial charge in [0.15, 0.2) is 0 Å². The molecule has 1 heterocycles. The molecule has 1 amide bonds. The zero-order valence-corrected chi connectivity index (χ0v) is 9.37. The molecular formula is C7H12N4O4S. The molecule has 0 fully saturated rings. The van der Waals surface area contributed by atoms with E-state index in [1.54, 1.807) is 17.7 Å². The summed E-state index contributed by atoms with van der Waals surface area (Å²) in [6, 6.07) is 1.60. The van der Waals surface area contributed by atoms with Crippen molar-refractivity contribution in [3.8, 4) is 0 Å². The lowest BCUT2D eigenvalue weighted by molar-refractivity contribution is 0.158. The van der Waals surface area contributed by atoms with Crippen LogP contribution in [0.4, 0.5) is 4.79 Å². The van der Waals surface area contributed by atoms with Crippen LogP contribution in [-0.4, -0.2) is 31.3 Å². The molecule has 0 saturated carbocycles. The fraction of sp³-hybridized carbons (Fsp3) is 0.429. The fourth-order valence-corrected chi connectivity index (χ4v) is 1.56. The third-order valence-corrected chi connectivity index (χ3v) is 2.46. The van der Waals surface area contributed by atoms with Crippen molar-refractivity contribution < 1.29 is 17.9 Å². The summed E-state index contributed by atoms with van der Waals surface area (Å²) in [6.45, 7) is 1.68. The summed E-state index contributed by atoms with van der Waals surface area (Å²) in [4.78, 5) is 10.8. The van der Waals surface area contributed by atoms with Gasteiger partial charge in [0, 0.05) is 6.20 Å². The Morgan fingerprint density at radius 3 is 2.94 bits per heavy atom. The molecule has 90 valence electrons. The molecule has 1 rings (SSSR count). The van der Waals surface area contributed by atoms with Gasteiger partial charge in [0.05, 0.1) is 18.8 Å². The largest absolute Gasteiger partial charge is 0.449 e. The molecule has 0 radical (unpaired) electrons. The molecule has 16 heavy (non-hydrogen) atoms. The minimum absolute atomic E-state index is 0.00867. The van der Waals surface area contributed by atoms with Gasteiger partial charge >= 0.3 is 16.3 Å². The number of carbonyl (C=O) groups excluding carboxylic acids is 1. The van der Waals surface area contributed by atoms with Crippen molar-refractivity contribution in [3.63, 3.8) is 0 Å². The topological polar surface area (TPSA) is 113 Å². The average molecular weight is 248 g/mol. The van der Waals surface area contributed by atoms with Crippen molar-refractivity contribution in [2.75, 3.05) is 6.61 Å². The van der Waals surface area contributed by atoms with Crippen molar-refractivity contribution >= 4 is 16.3 Å². The summed E-state index contributed by atoms with van der Waals surface area (Å²) in [5.74, 6) is 0. The lowest BCUT2D eigenvalue weighted by atomic mass is 10.4. The van der Waals surface area contributed by atoms with Gasteiger partial charge < -0.3 is 4.74 Å². The summed E-state index contributed by atoms with van der Waals surface area (Å²) >= 11 is 0. The molecule has 0 aromatic carbocycles. The molecule has 1 aromatic rings. The van der Waals surface area contributed by atoms with Crippen LogP contribution in [0.1, 0.15) is 12.6 Å². The maximum atomic E-state index is 11.3. The average Bonchev–Trinajstić information content (AvgIpc) is 2.66. The quantitative estimate of drug-likeness (QED) is 0.649. The smallest absolute Gasteiger partial charge is 0.421 e. The van der Waals surface area contributed by atoms with E-state index >= 15 is 0 Å². The monoisotopic (exact) mass is 248 g/mol. The Balaban J connectivity index is 2.43. The molecule has 8 nitrogen and oxygen atoms in total. The summed E-state index contributed by atoms with van der Waals surface area (Å²) in [5.41, 5.74) is 0.578. The molecule has 0 spiro atoms. The standard InChI is InChI=1S/C7H12N4O4S/c1-2-15-7(12)11-16(13,14)9-5-6-3-4-8-10-6/h3-4,9H,2,5H2,1H3,(H,8,10)(H,11,12). The Hall–Kier alpha value is -1.61. The van der Waals surface area contributed by atoms with Crippen LogP contribution in [0.5, 0.6) is 0 Å². The molecule has 0 atom stereocenters. The van der Waals surface area contributed by atoms with E-state index in [4.69, 9.17) is 0 Å². The van der Waals surface area contributed by atoms with Gasteiger partial charge in [-0.15, -0.1) is 0 Å². The lowest BCUT2D eigenvalue weighted by Gasteiger charge is -2.06. The first-order chi connectivity index (χ1) is 7.53. The lowest BCUT2D eigenvalue weighted by Crippen LogP contribution is -2.40. The van der Waals surface area contributed by atoms with E-state index in [9.17, 15) is 13.2 Å². The number of H-pyrrole nitrogens is 1. The Kier molecular flexibility index (Phi) is 4.26. The number of nitrogens with one attached hydrogen (secondary N) is 3. The van der Waals surface area contributed by atoms with E-state index < -0.39 is 16.3 Å². The Morgan fingerprint density at radius 1 is 1.62 bits per heavy atom. The van der Waals surface area contributed by atoms with Gasteiger partial charge in [0.2, 0.25) is 0 Å². The van der Waals surface area contributed by atoms with E-state index in [2.05, 4.69) is 19.7 Å². The number of hydrogen-bond donors (Lipinski definition) is 3. The molecule has 0 aliphatic heterocycles. The fourth-order valence-electron chi connectivity index (χ4n) is 0.862. The number of rotatable bonds is 5. The van der Waals surface area contributed by atoms with Gasteiger partial charge in [-0.2, -0.15) is 18.2 Å². The van der Waals surface area contributed by atoms with Gasteiger partial charge in [-0.05, 0) is 13.0 Å². The molecule has 0 aliphatic carbocycles. The molecule has 0 aliphatic rings. The second-order valence-corrected chi connectivity index (χ2v) is 4.23. The van der Waals surface area contributed by atoms with E-state index in [1.807, 2.05) is 0 Å². The minimum Gasteiger partial charge on any atom is -0.449 e. The second kappa shape index (κ2) is 5.47. The molecule has 9 heteroatoms. The highest BCUT2D eigenvalue weighted by Crippen LogP contribution is 1.91. The summed E-state index contributed by atoms with van der Waals surface area (Å²) in [5, 5.41) is 6.21. The third-order valence-electron chi connectivity index (χ3n) is 1.50. The summed E-state index contributed by atoms with van der Waals surface area (Å²) in [7, 11) is -3.90. The zero-order chi connectivity index (χ0) is 12.0. The highest BCUT2D eigenvalue weighted by atomic mass is 32.2. The van der Waals surface area contributed by atoms with Gasteiger partial charge in [-0.3, -0.25) is 5.10 Å². The molecule has 0 unspecified atom stereocenters. The number of ether oxygens (including phenoxy) is 1. The first-order valence-corrected chi connectivity index (χ1v) is 5.94. The number of carbonyl (C=O) groups is 1. The maximum Gasteiger partial charge on any atom is 0.421 e. The van der Waals surface area contributed by atoms with Gasteiger partial charge in [-0.25, -0.2) is 9.52 Å².